The van der Waals surface area contributed by atoms with Gasteiger partial charge in [-0.1, -0.05) is 48.2 Å². The maximum atomic E-state index is 12.9. The van der Waals surface area contributed by atoms with Crippen LogP contribution in [0.15, 0.2) is 60.0 Å². The minimum absolute atomic E-state index is 0.158. The molecule has 1 saturated carbocycles. The minimum Gasteiger partial charge on any atom is -0.335 e. The molecule has 2 aromatic carbocycles. The number of rotatable bonds is 7. The molecule has 6 heteroatoms. The summed E-state index contributed by atoms with van der Waals surface area (Å²) in [5.41, 5.74) is 4.67. The van der Waals surface area contributed by atoms with Crippen molar-refractivity contribution in [1.82, 2.24) is 19.7 Å². The first kappa shape index (κ1) is 18.7. The predicted molar refractivity (Wildman–Crippen MR) is 112 cm³/mol. The number of benzene rings is 2. The van der Waals surface area contributed by atoms with Gasteiger partial charge >= 0.3 is 0 Å². The smallest absolute Gasteiger partial charge is 0.233 e. The van der Waals surface area contributed by atoms with Crippen molar-refractivity contribution in [3.8, 4) is 5.69 Å². The van der Waals surface area contributed by atoms with E-state index >= 15 is 0 Å². The summed E-state index contributed by atoms with van der Waals surface area (Å²) in [4.78, 5) is 14.9. The first-order chi connectivity index (χ1) is 13.6. The Bertz CT molecular complexity index is 966. The zero-order chi connectivity index (χ0) is 19.5. The number of hydrogen-bond acceptors (Lipinski definition) is 4. The van der Waals surface area contributed by atoms with E-state index < -0.39 is 0 Å². The van der Waals surface area contributed by atoms with Gasteiger partial charge in [-0.15, -0.1) is 10.2 Å². The molecule has 1 aromatic heterocycles. The second kappa shape index (κ2) is 8.19. The van der Waals surface area contributed by atoms with Gasteiger partial charge in [0.2, 0.25) is 5.91 Å². The van der Waals surface area contributed by atoms with Crippen molar-refractivity contribution >= 4 is 17.7 Å². The normalized spacial score (nSPS) is 13.5. The van der Waals surface area contributed by atoms with E-state index in [1.54, 1.807) is 6.33 Å². The fourth-order valence-electron chi connectivity index (χ4n) is 3.17. The summed E-state index contributed by atoms with van der Waals surface area (Å²) in [7, 11) is 0. The van der Waals surface area contributed by atoms with Gasteiger partial charge in [0.15, 0.2) is 5.16 Å². The lowest BCUT2D eigenvalue weighted by Gasteiger charge is -2.22. The topological polar surface area (TPSA) is 51.0 Å². The Morgan fingerprint density at radius 3 is 2.64 bits per heavy atom. The van der Waals surface area contributed by atoms with Crippen LogP contribution < -0.4 is 0 Å². The van der Waals surface area contributed by atoms with Gasteiger partial charge in [0.1, 0.15) is 6.33 Å². The molecular weight excluding hydrogens is 368 g/mol. The largest absolute Gasteiger partial charge is 0.335 e. The number of nitrogens with zero attached hydrogens (tertiary/aromatic N) is 4. The zero-order valence-electron chi connectivity index (χ0n) is 16.2. The maximum absolute atomic E-state index is 12.9. The highest BCUT2D eigenvalue weighted by Gasteiger charge is 2.32. The number of thioether (sulfide) groups is 1. The molecule has 5 nitrogen and oxygen atoms in total. The van der Waals surface area contributed by atoms with Gasteiger partial charge in [0.25, 0.3) is 0 Å². The molecule has 3 aromatic rings. The molecule has 0 saturated heterocycles. The molecule has 1 heterocycles. The Morgan fingerprint density at radius 2 is 1.93 bits per heavy atom. The quantitative estimate of drug-likeness (QED) is 0.567. The number of aromatic nitrogens is 3. The summed E-state index contributed by atoms with van der Waals surface area (Å²) in [6.07, 6.45) is 3.91. The molecule has 1 aliphatic rings. The van der Waals surface area contributed by atoms with E-state index in [2.05, 4.69) is 54.4 Å². The number of carbonyl (C=O) groups excluding carboxylic acids is 1. The zero-order valence-corrected chi connectivity index (χ0v) is 17.0. The lowest BCUT2D eigenvalue weighted by atomic mass is 10.1. The summed E-state index contributed by atoms with van der Waals surface area (Å²) < 4.78 is 1.95. The lowest BCUT2D eigenvalue weighted by Crippen LogP contribution is -2.34. The Kier molecular flexibility index (Phi) is 5.48. The molecule has 0 aliphatic heterocycles. The predicted octanol–water partition coefficient (Wildman–Crippen LogP) is 4.17. The van der Waals surface area contributed by atoms with Crippen molar-refractivity contribution in [1.29, 1.82) is 0 Å². The van der Waals surface area contributed by atoms with Crippen molar-refractivity contribution in [2.45, 2.75) is 44.4 Å². The van der Waals surface area contributed by atoms with Crippen molar-refractivity contribution < 1.29 is 4.79 Å². The molecule has 1 amide bonds. The first-order valence-electron chi connectivity index (χ1n) is 9.55. The van der Waals surface area contributed by atoms with Crippen LogP contribution in [-0.4, -0.2) is 37.4 Å². The number of hydrogen-bond donors (Lipinski definition) is 0. The molecule has 28 heavy (non-hydrogen) atoms. The minimum atomic E-state index is 0.158. The third-order valence-electron chi connectivity index (χ3n) is 5.11. The summed E-state index contributed by atoms with van der Waals surface area (Å²) >= 11 is 1.45. The summed E-state index contributed by atoms with van der Waals surface area (Å²) in [5, 5.41) is 9.02. The molecule has 144 valence electrons. The fraction of sp³-hybridized carbons (Fsp3) is 0.318. The number of carbonyl (C=O) groups is 1. The van der Waals surface area contributed by atoms with E-state index in [1.165, 1.54) is 28.5 Å². The monoisotopic (exact) mass is 392 g/mol. The van der Waals surface area contributed by atoms with Gasteiger partial charge < -0.3 is 4.90 Å². The van der Waals surface area contributed by atoms with Gasteiger partial charge in [-0.25, -0.2) is 0 Å². The van der Waals surface area contributed by atoms with Crippen LogP contribution in [0.1, 0.15) is 29.5 Å². The lowest BCUT2D eigenvalue weighted by molar-refractivity contribution is -0.129. The van der Waals surface area contributed by atoms with E-state index in [4.69, 9.17) is 0 Å². The molecule has 4 rings (SSSR count). The van der Waals surface area contributed by atoms with Gasteiger partial charge in [0.05, 0.1) is 5.75 Å². The van der Waals surface area contributed by atoms with Gasteiger partial charge in [-0.2, -0.15) is 0 Å². The van der Waals surface area contributed by atoms with E-state index in [1.807, 2.05) is 27.7 Å². The van der Waals surface area contributed by atoms with Crippen LogP contribution in [0, 0.1) is 13.8 Å². The molecule has 0 spiro atoms. The van der Waals surface area contributed by atoms with Crippen molar-refractivity contribution in [3.05, 3.63) is 71.5 Å². The van der Waals surface area contributed by atoms with Crippen LogP contribution in [0.5, 0.6) is 0 Å². The van der Waals surface area contributed by atoms with Crippen molar-refractivity contribution in [3.63, 3.8) is 0 Å². The highest BCUT2D eigenvalue weighted by atomic mass is 32.2. The van der Waals surface area contributed by atoms with E-state index in [0.717, 1.165) is 23.7 Å². The van der Waals surface area contributed by atoms with Crippen LogP contribution >= 0.6 is 11.8 Å². The van der Waals surface area contributed by atoms with Gasteiger partial charge in [-0.3, -0.25) is 9.36 Å². The molecule has 0 bridgehead atoms. The summed E-state index contributed by atoms with van der Waals surface area (Å²) in [6.45, 7) is 4.87. The third kappa shape index (κ3) is 4.28. The SMILES string of the molecule is Cc1ccc(-n2cnnc2SCC(=O)N(Cc2ccccc2)C2CC2)cc1C. The number of amides is 1. The molecule has 0 radical (unpaired) electrons. The van der Waals surface area contributed by atoms with Crippen LogP contribution in [0.4, 0.5) is 0 Å². The molecular formula is C22H24N4OS. The molecule has 0 N–H and O–H groups in total. The Labute approximate surface area is 169 Å². The Morgan fingerprint density at radius 1 is 1.14 bits per heavy atom. The Balaban J connectivity index is 1.44. The average Bonchev–Trinajstić information content (AvgIpc) is 3.44. The molecule has 1 fully saturated rings. The average molecular weight is 393 g/mol. The van der Waals surface area contributed by atoms with Crippen LogP contribution in [0.25, 0.3) is 5.69 Å². The van der Waals surface area contributed by atoms with E-state index in [-0.39, 0.29) is 5.91 Å². The van der Waals surface area contributed by atoms with Crippen LogP contribution in [-0.2, 0) is 11.3 Å². The van der Waals surface area contributed by atoms with E-state index in [9.17, 15) is 4.79 Å². The first-order valence-corrected chi connectivity index (χ1v) is 10.5. The third-order valence-corrected chi connectivity index (χ3v) is 6.04. The van der Waals surface area contributed by atoms with Crippen LogP contribution in [0.2, 0.25) is 0 Å². The Hall–Kier alpha value is -2.60. The van der Waals surface area contributed by atoms with Crippen molar-refractivity contribution in [2.24, 2.45) is 0 Å². The highest BCUT2D eigenvalue weighted by molar-refractivity contribution is 7.99. The second-order valence-corrected chi connectivity index (χ2v) is 8.22. The number of aryl methyl sites for hydroxylation is 2. The molecule has 1 aliphatic carbocycles. The second-order valence-electron chi connectivity index (χ2n) is 7.28. The van der Waals surface area contributed by atoms with Crippen molar-refractivity contribution in [2.75, 3.05) is 5.75 Å². The fourth-order valence-corrected chi connectivity index (χ4v) is 3.99. The summed E-state index contributed by atoms with van der Waals surface area (Å²) in [5.74, 6) is 0.526. The maximum Gasteiger partial charge on any atom is 0.233 e. The molecule has 0 unspecified atom stereocenters. The van der Waals surface area contributed by atoms with E-state index in [0.29, 0.717) is 18.3 Å². The van der Waals surface area contributed by atoms with Gasteiger partial charge in [0, 0.05) is 18.3 Å². The highest BCUT2D eigenvalue weighted by Crippen LogP contribution is 2.30. The summed E-state index contributed by atoms with van der Waals surface area (Å²) in [6, 6.07) is 16.8. The van der Waals surface area contributed by atoms with Crippen LogP contribution in [0.3, 0.4) is 0 Å². The molecule has 0 atom stereocenters. The standard InChI is InChI=1S/C22H24N4OS/c1-16-8-9-20(12-17(16)2)26-15-23-24-22(26)28-14-21(27)25(19-10-11-19)13-18-6-4-3-5-7-18/h3-9,12,15,19H,10-11,13-14H2,1-2H3. The van der Waals surface area contributed by atoms with Gasteiger partial charge in [-0.05, 0) is 55.5 Å².